The summed E-state index contributed by atoms with van der Waals surface area (Å²) in [5.41, 5.74) is 2.02. The molecule has 3 amide bonds. The van der Waals surface area contributed by atoms with Gasteiger partial charge in [0.25, 0.3) is 5.91 Å². The average Bonchev–Trinajstić information content (AvgIpc) is 2.71. The van der Waals surface area contributed by atoms with Gasteiger partial charge in [0.2, 0.25) is 0 Å². The Morgan fingerprint density at radius 2 is 2.03 bits per heavy atom. The van der Waals surface area contributed by atoms with Crippen LogP contribution in [0.4, 0.5) is 14.9 Å². The van der Waals surface area contributed by atoms with Crippen LogP contribution in [-0.4, -0.2) is 42.2 Å². The second kappa shape index (κ2) is 9.15. The first-order chi connectivity index (χ1) is 14.3. The summed E-state index contributed by atoms with van der Waals surface area (Å²) in [6, 6.07) is 7.65. The Hall–Kier alpha value is -3.10. The molecule has 0 spiro atoms. The largest absolute Gasteiger partial charge is 0.490 e. The number of aliphatic hydroxyl groups excluding tert-OH is 1. The Morgan fingerprint density at radius 3 is 2.70 bits per heavy atom. The van der Waals surface area contributed by atoms with E-state index in [2.05, 4.69) is 10.6 Å². The molecule has 0 saturated carbocycles. The van der Waals surface area contributed by atoms with E-state index in [4.69, 9.17) is 21.4 Å². The van der Waals surface area contributed by atoms with Crippen molar-refractivity contribution in [3.8, 4) is 5.75 Å². The maximum atomic E-state index is 13.3. The molecule has 2 aromatic carbocycles. The van der Waals surface area contributed by atoms with Crippen molar-refractivity contribution >= 4 is 29.2 Å². The summed E-state index contributed by atoms with van der Waals surface area (Å²) in [6.07, 6.45) is 1.44. The molecule has 1 aliphatic rings. The molecular formula is C21H21ClFN3O4. The first-order valence-electron chi connectivity index (χ1n) is 9.16. The van der Waals surface area contributed by atoms with Crippen LogP contribution < -0.4 is 15.4 Å². The van der Waals surface area contributed by atoms with E-state index in [-0.39, 0.29) is 24.8 Å². The lowest BCUT2D eigenvalue weighted by Gasteiger charge is -2.30. The lowest BCUT2D eigenvalue weighted by atomic mass is 9.97. The summed E-state index contributed by atoms with van der Waals surface area (Å²) < 4.78 is 18.7. The number of anilines is 1. The van der Waals surface area contributed by atoms with E-state index in [9.17, 15) is 14.0 Å². The maximum Gasteiger partial charge on any atom is 0.321 e. The monoisotopic (exact) mass is 433 g/mol. The topological polar surface area (TPSA) is 90.9 Å². The van der Waals surface area contributed by atoms with Crippen LogP contribution in [0, 0.1) is 12.7 Å². The van der Waals surface area contributed by atoms with Crippen molar-refractivity contribution in [3.63, 3.8) is 0 Å². The third-order valence-electron chi connectivity index (χ3n) is 4.57. The van der Waals surface area contributed by atoms with Gasteiger partial charge in [-0.25, -0.2) is 9.18 Å². The normalized spacial score (nSPS) is 16.0. The lowest BCUT2D eigenvalue weighted by Crippen LogP contribution is -2.44. The predicted molar refractivity (Wildman–Crippen MR) is 111 cm³/mol. The number of aryl methyl sites for hydroxylation is 1. The molecule has 158 valence electrons. The van der Waals surface area contributed by atoms with Crippen molar-refractivity contribution in [2.45, 2.75) is 13.0 Å². The highest BCUT2D eigenvalue weighted by atomic mass is 35.5. The van der Waals surface area contributed by atoms with Crippen molar-refractivity contribution in [2.75, 3.05) is 25.6 Å². The molecule has 2 aromatic rings. The third kappa shape index (κ3) is 4.72. The van der Waals surface area contributed by atoms with Gasteiger partial charge >= 0.3 is 6.03 Å². The van der Waals surface area contributed by atoms with Gasteiger partial charge in [0.15, 0.2) is 0 Å². The lowest BCUT2D eigenvalue weighted by molar-refractivity contribution is -0.113. The molecule has 1 heterocycles. The van der Waals surface area contributed by atoms with Crippen LogP contribution >= 0.6 is 11.6 Å². The number of benzene rings is 2. The summed E-state index contributed by atoms with van der Waals surface area (Å²) >= 11 is 6.16. The fourth-order valence-corrected chi connectivity index (χ4v) is 3.27. The SMILES string of the molecule is Cc1cc(Cl)c(OCCO)cc1NC(=O)C1=CN(C)C(=O)NC1c1ccc(F)cc1. The second-order valence-corrected chi connectivity index (χ2v) is 7.16. The molecular weight excluding hydrogens is 413 g/mol. The molecule has 3 N–H and O–H groups in total. The number of carbonyl (C=O) groups is 2. The zero-order valence-corrected chi connectivity index (χ0v) is 17.2. The number of halogens is 2. The van der Waals surface area contributed by atoms with Crippen molar-refractivity contribution in [1.29, 1.82) is 0 Å². The molecule has 1 unspecified atom stereocenters. The molecule has 30 heavy (non-hydrogen) atoms. The Bertz CT molecular complexity index is 994. The Balaban J connectivity index is 1.91. The van der Waals surface area contributed by atoms with Gasteiger partial charge in [-0.15, -0.1) is 0 Å². The van der Waals surface area contributed by atoms with Gasteiger partial charge in [-0.2, -0.15) is 0 Å². The summed E-state index contributed by atoms with van der Waals surface area (Å²) in [7, 11) is 1.53. The number of amides is 3. The van der Waals surface area contributed by atoms with Crippen molar-refractivity contribution in [1.82, 2.24) is 10.2 Å². The van der Waals surface area contributed by atoms with Gasteiger partial charge in [-0.05, 0) is 36.2 Å². The van der Waals surface area contributed by atoms with E-state index < -0.39 is 17.8 Å². The molecule has 0 aliphatic carbocycles. The number of nitrogens with zero attached hydrogens (tertiary/aromatic N) is 1. The minimum absolute atomic E-state index is 0.0603. The first kappa shape index (κ1) is 21.6. The molecule has 7 nitrogen and oxygen atoms in total. The highest BCUT2D eigenvalue weighted by Crippen LogP contribution is 2.32. The van der Waals surface area contributed by atoms with Crippen molar-refractivity contribution in [2.24, 2.45) is 0 Å². The predicted octanol–water partition coefficient (Wildman–Crippen LogP) is 3.38. The number of rotatable bonds is 6. The zero-order valence-electron chi connectivity index (χ0n) is 16.4. The number of ether oxygens (including phenoxy) is 1. The smallest absolute Gasteiger partial charge is 0.321 e. The molecule has 1 aliphatic heterocycles. The van der Waals surface area contributed by atoms with Gasteiger partial charge in [-0.1, -0.05) is 23.7 Å². The van der Waals surface area contributed by atoms with Crippen molar-refractivity contribution < 1.29 is 23.8 Å². The van der Waals surface area contributed by atoms with E-state index in [0.29, 0.717) is 27.6 Å². The molecule has 0 radical (unpaired) electrons. The van der Waals surface area contributed by atoms with Crippen molar-refractivity contribution in [3.05, 3.63) is 70.1 Å². The number of urea groups is 1. The molecule has 0 fully saturated rings. The van der Waals surface area contributed by atoms with Crippen LogP contribution in [0.25, 0.3) is 0 Å². The fraction of sp³-hybridized carbons (Fsp3) is 0.238. The second-order valence-electron chi connectivity index (χ2n) is 6.75. The quantitative estimate of drug-likeness (QED) is 0.651. The minimum Gasteiger partial charge on any atom is -0.490 e. The number of hydrogen-bond donors (Lipinski definition) is 3. The molecule has 9 heteroatoms. The number of hydrogen-bond acceptors (Lipinski definition) is 4. The van der Waals surface area contributed by atoms with Crippen LogP contribution in [0.3, 0.4) is 0 Å². The Labute approximate surface area is 178 Å². The highest BCUT2D eigenvalue weighted by Gasteiger charge is 2.30. The van der Waals surface area contributed by atoms with E-state index in [0.717, 1.165) is 0 Å². The van der Waals surface area contributed by atoms with Gasteiger partial charge in [0, 0.05) is 25.0 Å². The molecule has 1 atom stereocenters. The highest BCUT2D eigenvalue weighted by molar-refractivity contribution is 6.32. The number of aliphatic hydroxyl groups is 1. The maximum absolute atomic E-state index is 13.3. The van der Waals surface area contributed by atoms with Gasteiger partial charge in [0.05, 0.1) is 23.2 Å². The average molecular weight is 434 g/mol. The Morgan fingerprint density at radius 1 is 1.33 bits per heavy atom. The molecule has 0 saturated heterocycles. The van der Waals surface area contributed by atoms with E-state index in [1.165, 1.54) is 42.4 Å². The number of nitrogens with one attached hydrogen (secondary N) is 2. The van der Waals surface area contributed by atoms with Crippen LogP contribution in [0.5, 0.6) is 5.75 Å². The van der Waals surface area contributed by atoms with E-state index in [1.54, 1.807) is 19.1 Å². The fourth-order valence-electron chi connectivity index (χ4n) is 3.00. The molecule has 3 rings (SSSR count). The van der Waals surface area contributed by atoms with Gasteiger partial charge in [-0.3, -0.25) is 4.79 Å². The molecule has 0 bridgehead atoms. The van der Waals surface area contributed by atoms with Crippen LogP contribution in [0.2, 0.25) is 5.02 Å². The summed E-state index contributed by atoms with van der Waals surface area (Å²) in [5.74, 6) is -0.542. The number of carbonyl (C=O) groups excluding carboxylic acids is 2. The standard InChI is InChI=1S/C21H21ClFN3O4/c1-12-9-16(22)18(30-8-7-27)10-17(12)24-20(28)15-11-26(2)21(29)25-19(15)13-3-5-14(23)6-4-13/h3-6,9-11,19,27H,7-8H2,1-2H3,(H,24,28)(H,25,29). The van der Waals surface area contributed by atoms with Crippen LogP contribution in [-0.2, 0) is 4.79 Å². The molecule has 0 aromatic heterocycles. The summed E-state index contributed by atoms with van der Waals surface area (Å²) in [4.78, 5) is 26.5. The van der Waals surface area contributed by atoms with Crippen LogP contribution in [0.1, 0.15) is 17.2 Å². The third-order valence-corrected chi connectivity index (χ3v) is 4.87. The first-order valence-corrected chi connectivity index (χ1v) is 9.53. The van der Waals surface area contributed by atoms with E-state index >= 15 is 0 Å². The van der Waals surface area contributed by atoms with Gasteiger partial charge < -0.3 is 25.4 Å². The minimum atomic E-state index is -0.744. The summed E-state index contributed by atoms with van der Waals surface area (Å²) in [5, 5.41) is 14.9. The summed E-state index contributed by atoms with van der Waals surface area (Å²) in [6.45, 7) is 1.66. The van der Waals surface area contributed by atoms with Crippen LogP contribution in [0.15, 0.2) is 48.2 Å². The van der Waals surface area contributed by atoms with E-state index in [1.807, 2.05) is 0 Å². The van der Waals surface area contributed by atoms with Gasteiger partial charge in [0.1, 0.15) is 18.2 Å². The Kier molecular flexibility index (Phi) is 6.59. The zero-order chi connectivity index (χ0) is 21.8.